The number of nitrogens with zero attached hydrogens (tertiary/aromatic N) is 2. The summed E-state index contributed by atoms with van der Waals surface area (Å²) in [5, 5.41) is 0.491. The first kappa shape index (κ1) is 17.2. The number of allylic oxidation sites excluding steroid dienone is 1. The van der Waals surface area contributed by atoms with Crippen molar-refractivity contribution in [1.29, 1.82) is 0 Å². The van der Waals surface area contributed by atoms with E-state index in [0.29, 0.717) is 16.4 Å². The number of esters is 1. The van der Waals surface area contributed by atoms with Gasteiger partial charge in [-0.1, -0.05) is 46.7 Å². The molecule has 1 aromatic rings. The van der Waals surface area contributed by atoms with Gasteiger partial charge in [0.05, 0.1) is 29.7 Å². The Kier molecular flexibility index (Phi) is 4.83. The summed E-state index contributed by atoms with van der Waals surface area (Å²) < 4.78 is 5.84. The van der Waals surface area contributed by atoms with Gasteiger partial charge in [-0.2, -0.15) is 0 Å². The Labute approximate surface area is 153 Å². The number of ether oxygens (including phenoxy) is 1. The number of aliphatic imine (C=N–C) groups is 1. The lowest BCUT2D eigenvalue weighted by Gasteiger charge is -2.33. The zero-order valence-corrected chi connectivity index (χ0v) is 16.0. The lowest BCUT2D eigenvalue weighted by atomic mass is 9.94. The summed E-state index contributed by atoms with van der Waals surface area (Å²) in [6, 6.07) is 7.11. The van der Waals surface area contributed by atoms with Gasteiger partial charge in [-0.05, 0) is 31.0 Å². The van der Waals surface area contributed by atoms with Crippen LogP contribution in [-0.2, 0) is 14.3 Å². The molecule has 0 saturated carbocycles. The minimum Gasteiger partial charge on any atom is -0.466 e. The van der Waals surface area contributed by atoms with Crippen LogP contribution in [0.25, 0.3) is 0 Å². The Morgan fingerprint density at radius 1 is 1.46 bits per heavy atom. The maximum absolute atomic E-state index is 12.8. The number of amidine groups is 1. The summed E-state index contributed by atoms with van der Waals surface area (Å²) in [6.45, 7) is 3.76. The molecule has 1 saturated heterocycles. The monoisotopic (exact) mass is 408 g/mol. The van der Waals surface area contributed by atoms with E-state index < -0.39 is 12.0 Å². The highest BCUT2D eigenvalue weighted by Crippen LogP contribution is 2.44. The molecule has 1 aromatic carbocycles. The molecule has 2 atom stereocenters. The summed E-state index contributed by atoms with van der Waals surface area (Å²) in [7, 11) is 1.34. The quantitative estimate of drug-likeness (QED) is 0.715. The van der Waals surface area contributed by atoms with Gasteiger partial charge in [-0.3, -0.25) is 9.69 Å². The van der Waals surface area contributed by atoms with Gasteiger partial charge in [-0.25, -0.2) is 9.79 Å². The molecule has 24 heavy (non-hydrogen) atoms. The third kappa shape index (κ3) is 2.80. The number of carbonyl (C=O) groups is 2. The van der Waals surface area contributed by atoms with Crippen LogP contribution in [0.5, 0.6) is 0 Å². The number of hydrogen-bond acceptors (Lipinski definition) is 5. The molecule has 0 radical (unpaired) electrons. The van der Waals surface area contributed by atoms with Gasteiger partial charge in [0, 0.05) is 4.47 Å². The second-order valence-corrected chi connectivity index (χ2v) is 7.65. The summed E-state index contributed by atoms with van der Waals surface area (Å²) in [5.74, 6) is -0.474. The lowest BCUT2D eigenvalue weighted by molar-refractivity contribution is -0.137. The predicted octanol–water partition coefficient (Wildman–Crippen LogP) is 3.66. The standard InChI is InChI=1S/C17H17BrN2O3S/c1-4-12-15(21)20-14(10-6-5-7-11(18)8-10)13(16(22)23-3)9(2)19-17(20)24-12/h5-8,12,14H,4H2,1-3H3/t12-,14-/m0/s1. The van der Waals surface area contributed by atoms with E-state index in [9.17, 15) is 9.59 Å². The van der Waals surface area contributed by atoms with Crippen molar-refractivity contribution < 1.29 is 14.3 Å². The van der Waals surface area contributed by atoms with Crippen LogP contribution in [-0.4, -0.2) is 34.3 Å². The zero-order chi connectivity index (χ0) is 17.4. The SMILES string of the molecule is CC[C@@H]1SC2=NC(C)=C(C(=O)OC)[C@H](c3cccc(Br)c3)N2C1=O. The molecule has 2 aliphatic heterocycles. The van der Waals surface area contributed by atoms with Crippen molar-refractivity contribution in [3.63, 3.8) is 0 Å². The number of amides is 1. The minimum atomic E-state index is -0.515. The highest BCUT2D eigenvalue weighted by atomic mass is 79.9. The molecule has 1 amide bonds. The molecule has 0 N–H and O–H groups in total. The van der Waals surface area contributed by atoms with E-state index in [1.807, 2.05) is 31.2 Å². The van der Waals surface area contributed by atoms with Crippen LogP contribution in [0.1, 0.15) is 31.9 Å². The third-order valence-corrected chi connectivity index (χ3v) is 5.90. The first-order valence-electron chi connectivity index (χ1n) is 7.60. The molecular formula is C17H17BrN2O3S. The Balaban J connectivity index is 2.17. The fourth-order valence-corrected chi connectivity index (χ4v) is 4.50. The number of hydrogen-bond donors (Lipinski definition) is 0. The van der Waals surface area contributed by atoms with Gasteiger partial charge in [0.2, 0.25) is 5.91 Å². The summed E-state index contributed by atoms with van der Waals surface area (Å²) in [5.41, 5.74) is 1.85. The number of benzene rings is 1. The first-order valence-corrected chi connectivity index (χ1v) is 9.28. The Hall–Kier alpha value is -1.60. The number of thioether (sulfide) groups is 1. The van der Waals surface area contributed by atoms with Crippen LogP contribution in [0.3, 0.4) is 0 Å². The summed E-state index contributed by atoms with van der Waals surface area (Å²) in [6.07, 6.45) is 0.719. The van der Waals surface area contributed by atoms with E-state index in [2.05, 4.69) is 20.9 Å². The maximum Gasteiger partial charge on any atom is 0.338 e. The Morgan fingerprint density at radius 2 is 2.21 bits per heavy atom. The molecule has 1 fully saturated rings. The van der Waals surface area contributed by atoms with Crippen molar-refractivity contribution in [2.45, 2.75) is 31.6 Å². The molecule has 0 unspecified atom stereocenters. The number of carbonyl (C=O) groups excluding carboxylic acids is 2. The van der Waals surface area contributed by atoms with Gasteiger partial charge >= 0.3 is 5.97 Å². The normalized spacial score (nSPS) is 23.2. The van der Waals surface area contributed by atoms with E-state index in [4.69, 9.17) is 4.74 Å². The van der Waals surface area contributed by atoms with Crippen molar-refractivity contribution in [1.82, 2.24) is 4.90 Å². The fourth-order valence-electron chi connectivity index (χ4n) is 2.95. The van der Waals surface area contributed by atoms with Crippen LogP contribution < -0.4 is 0 Å². The third-order valence-electron chi connectivity index (χ3n) is 4.09. The predicted molar refractivity (Wildman–Crippen MR) is 97.6 cm³/mol. The second-order valence-electron chi connectivity index (χ2n) is 5.57. The Bertz CT molecular complexity index is 775. The van der Waals surface area contributed by atoms with Crippen molar-refractivity contribution in [3.05, 3.63) is 45.6 Å². The van der Waals surface area contributed by atoms with Crippen LogP contribution in [0.15, 0.2) is 45.0 Å². The van der Waals surface area contributed by atoms with Crippen molar-refractivity contribution >= 4 is 44.7 Å². The molecule has 126 valence electrons. The molecular weight excluding hydrogens is 392 g/mol. The summed E-state index contributed by atoms with van der Waals surface area (Å²) >= 11 is 4.92. The van der Waals surface area contributed by atoms with Crippen LogP contribution in [0, 0.1) is 0 Å². The first-order chi connectivity index (χ1) is 11.5. The van der Waals surface area contributed by atoms with Crippen molar-refractivity contribution in [2.75, 3.05) is 7.11 Å². The highest BCUT2D eigenvalue weighted by Gasteiger charge is 2.47. The van der Waals surface area contributed by atoms with Crippen LogP contribution in [0.2, 0.25) is 0 Å². The van der Waals surface area contributed by atoms with Crippen LogP contribution in [0.4, 0.5) is 0 Å². The molecule has 2 aliphatic rings. The smallest absolute Gasteiger partial charge is 0.338 e. The van der Waals surface area contributed by atoms with E-state index in [-0.39, 0.29) is 11.2 Å². The fraction of sp³-hybridized carbons (Fsp3) is 0.353. The van der Waals surface area contributed by atoms with Gasteiger partial charge in [0.15, 0.2) is 5.17 Å². The van der Waals surface area contributed by atoms with Crippen LogP contribution >= 0.6 is 27.7 Å². The number of methoxy groups -OCH3 is 1. The average Bonchev–Trinajstić information content (AvgIpc) is 2.88. The van der Waals surface area contributed by atoms with Gasteiger partial charge in [0.25, 0.3) is 0 Å². The molecule has 0 spiro atoms. The largest absolute Gasteiger partial charge is 0.466 e. The molecule has 0 aliphatic carbocycles. The van der Waals surface area contributed by atoms with E-state index >= 15 is 0 Å². The number of rotatable bonds is 3. The topological polar surface area (TPSA) is 59.0 Å². The Morgan fingerprint density at radius 3 is 2.83 bits per heavy atom. The van der Waals surface area contributed by atoms with E-state index in [0.717, 1.165) is 16.5 Å². The second kappa shape index (κ2) is 6.72. The molecule has 5 nitrogen and oxygen atoms in total. The van der Waals surface area contributed by atoms with Gasteiger partial charge < -0.3 is 4.74 Å². The van der Waals surface area contributed by atoms with Gasteiger partial charge in [-0.15, -0.1) is 0 Å². The number of fused-ring (bicyclic) bond motifs is 1. The van der Waals surface area contributed by atoms with E-state index in [1.165, 1.54) is 18.9 Å². The molecule has 7 heteroatoms. The molecule has 0 aromatic heterocycles. The zero-order valence-electron chi connectivity index (χ0n) is 13.6. The maximum atomic E-state index is 12.8. The molecule has 2 heterocycles. The average molecular weight is 409 g/mol. The minimum absolute atomic E-state index is 0.0138. The van der Waals surface area contributed by atoms with Crippen molar-refractivity contribution in [2.24, 2.45) is 4.99 Å². The molecule has 0 bridgehead atoms. The van der Waals surface area contributed by atoms with Crippen molar-refractivity contribution in [3.8, 4) is 0 Å². The van der Waals surface area contributed by atoms with E-state index in [1.54, 1.807) is 11.8 Å². The number of halogens is 1. The molecule has 3 rings (SSSR count). The summed E-state index contributed by atoms with van der Waals surface area (Å²) in [4.78, 5) is 31.4. The van der Waals surface area contributed by atoms with Gasteiger partial charge in [0.1, 0.15) is 0 Å². The highest BCUT2D eigenvalue weighted by molar-refractivity contribution is 9.10. The lowest BCUT2D eigenvalue weighted by Crippen LogP contribution is -2.40.